The van der Waals surface area contributed by atoms with E-state index in [2.05, 4.69) is 52.3 Å². The van der Waals surface area contributed by atoms with Crippen molar-refractivity contribution in [3.63, 3.8) is 0 Å². The van der Waals surface area contributed by atoms with Crippen molar-refractivity contribution >= 4 is 40.0 Å². The summed E-state index contributed by atoms with van der Waals surface area (Å²) in [5.74, 6) is -0.130. The normalized spacial score (nSPS) is 25.0. The number of rotatable bonds is 9. The third-order valence-corrected chi connectivity index (χ3v) is 13.1. The van der Waals surface area contributed by atoms with Gasteiger partial charge in [-0.1, -0.05) is 33.8 Å². The van der Waals surface area contributed by atoms with E-state index in [0.717, 1.165) is 44.7 Å². The van der Waals surface area contributed by atoms with Crippen molar-refractivity contribution in [1.82, 2.24) is 35.3 Å². The number of amides is 2. The molecule has 59 heavy (non-hydrogen) atoms. The van der Waals surface area contributed by atoms with Crippen molar-refractivity contribution in [2.24, 2.45) is 23.2 Å². The number of esters is 1. The zero-order chi connectivity index (χ0) is 41.6. The van der Waals surface area contributed by atoms with E-state index in [0.29, 0.717) is 43.1 Å². The first-order chi connectivity index (χ1) is 28.4. The maximum Gasteiger partial charge on any atom is 0.324 e. The highest BCUT2D eigenvalue weighted by atomic mass is 32.1. The van der Waals surface area contributed by atoms with Crippen LogP contribution in [0, 0.1) is 23.2 Å². The number of oxazole rings is 1. The van der Waals surface area contributed by atoms with E-state index in [1.165, 1.54) is 22.7 Å². The first-order valence-corrected chi connectivity index (χ1v) is 21.4. The average Bonchev–Trinajstić information content (AvgIpc) is 3.73. The molecule has 6 bridgehead atoms. The lowest BCUT2D eigenvalue weighted by atomic mass is 9.84. The van der Waals surface area contributed by atoms with Gasteiger partial charge < -0.3 is 28.5 Å². The molecule has 7 atom stereocenters. The van der Waals surface area contributed by atoms with Crippen LogP contribution >= 0.6 is 11.3 Å². The molecule has 1 saturated heterocycles. The number of carbonyl (C=O) groups excluding carboxylic acids is 3. The van der Waals surface area contributed by atoms with Crippen LogP contribution in [0.3, 0.4) is 0 Å². The molecule has 0 radical (unpaired) electrons. The van der Waals surface area contributed by atoms with Gasteiger partial charge in [0.05, 0.1) is 42.5 Å². The van der Waals surface area contributed by atoms with Gasteiger partial charge in [-0.2, -0.15) is 0 Å². The molecule has 6 heterocycles. The number of ether oxygens (including phenoxy) is 3. The Morgan fingerprint density at radius 1 is 1.19 bits per heavy atom. The van der Waals surface area contributed by atoms with Crippen LogP contribution in [0.25, 0.3) is 33.4 Å². The van der Waals surface area contributed by atoms with Gasteiger partial charge in [0.15, 0.2) is 6.39 Å². The Bertz CT molecular complexity index is 2330. The third-order valence-electron chi connectivity index (χ3n) is 12.2. The number of fused-ring (bicyclic) bond motifs is 6. The molecule has 3 aliphatic rings. The zero-order valence-corrected chi connectivity index (χ0v) is 35.5. The molecular formula is C44H53N7O7S. The maximum absolute atomic E-state index is 14.6. The van der Waals surface area contributed by atoms with Crippen LogP contribution < -0.4 is 10.7 Å². The molecule has 312 valence electrons. The van der Waals surface area contributed by atoms with E-state index in [1.807, 2.05) is 45.2 Å². The van der Waals surface area contributed by atoms with Gasteiger partial charge in [0.25, 0.3) is 5.91 Å². The van der Waals surface area contributed by atoms with Crippen LogP contribution in [0.1, 0.15) is 88.6 Å². The van der Waals surface area contributed by atoms with Gasteiger partial charge in [-0.15, -0.1) is 11.3 Å². The van der Waals surface area contributed by atoms with Crippen molar-refractivity contribution in [3.8, 4) is 22.5 Å². The summed E-state index contributed by atoms with van der Waals surface area (Å²) < 4.78 is 26.3. The summed E-state index contributed by atoms with van der Waals surface area (Å²) in [6.07, 6.45) is 5.35. The van der Waals surface area contributed by atoms with Crippen molar-refractivity contribution < 1.29 is 33.0 Å². The van der Waals surface area contributed by atoms with Gasteiger partial charge in [-0.3, -0.25) is 24.4 Å². The predicted octanol–water partition coefficient (Wildman–Crippen LogP) is 6.66. The van der Waals surface area contributed by atoms with Gasteiger partial charge >= 0.3 is 5.97 Å². The number of aromatic nitrogens is 4. The van der Waals surface area contributed by atoms with E-state index in [1.54, 1.807) is 19.5 Å². The highest BCUT2D eigenvalue weighted by molar-refractivity contribution is 7.10. The second kappa shape index (κ2) is 16.6. The minimum absolute atomic E-state index is 0.124. The number of nitrogens with zero attached hydrogens (tertiary/aromatic N) is 5. The number of methoxy groups -OCH3 is 1. The maximum atomic E-state index is 14.6. The second-order valence-corrected chi connectivity index (χ2v) is 17.8. The molecule has 2 fully saturated rings. The van der Waals surface area contributed by atoms with Crippen molar-refractivity contribution in [2.75, 3.05) is 26.9 Å². The average molecular weight is 824 g/mol. The molecule has 14 nitrogen and oxygen atoms in total. The van der Waals surface area contributed by atoms with Gasteiger partial charge in [-0.05, 0) is 74.8 Å². The standard InChI is InChI=1S/C44H53N7O7S/c1-8-56-39-37(48-40(52)35-24(2)25(35)3)42(53)51-16-10-12-32(49-51)43(54)57-22-44(5,6)18-31-30-17-27(33-21-59-41(39)47-33)13-14-34(30)50(20-28-19-45-23-58-28)38(31)29-11-9-15-46-36(29)26(4)55-7/h9,11,13-15,17,19,21,23-26,32,35,37,39,49H,8,10,12,16,18,20,22H2,1-7H3,(H,48,52)/t24-,25+,26-,32-,35?,37-,39-/m0/s1. The number of cyclic esters (lactones) is 1. The Hall–Kier alpha value is -4.96. The Labute approximate surface area is 348 Å². The predicted molar refractivity (Wildman–Crippen MR) is 222 cm³/mol. The van der Waals surface area contributed by atoms with Gasteiger partial charge in [0, 0.05) is 65.2 Å². The summed E-state index contributed by atoms with van der Waals surface area (Å²) in [5.41, 5.74) is 8.87. The van der Waals surface area contributed by atoms with Gasteiger partial charge in [0.1, 0.15) is 29.0 Å². The minimum atomic E-state index is -1.09. The van der Waals surface area contributed by atoms with Crippen LogP contribution in [0.4, 0.5) is 0 Å². The van der Waals surface area contributed by atoms with Crippen LogP contribution in [0.2, 0.25) is 0 Å². The summed E-state index contributed by atoms with van der Waals surface area (Å²) in [5, 5.41) is 8.05. The number of carbonyl (C=O) groups is 3. The Morgan fingerprint density at radius 3 is 2.73 bits per heavy atom. The molecule has 2 N–H and O–H groups in total. The summed E-state index contributed by atoms with van der Waals surface area (Å²) in [6.45, 7) is 13.3. The molecule has 1 aromatic carbocycles. The van der Waals surface area contributed by atoms with Crippen LogP contribution in [0.15, 0.2) is 58.9 Å². The number of hydrazine groups is 1. The third kappa shape index (κ3) is 8.05. The number of nitrogens with one attached hydrogen (secondary N) is 2. The molecule has 1 saturated carbocycles. The molecule has 5 aromatic rings. The fourth-order valence-electron chi connectivity index (χ4n) is 8.64. The molecule has 4 aromatic heterocycles. The first kappa shape index (κ1) is 40.8. The zero-order valence-electron chi connectivity index (χ0n) is 34.7. The van der Waals surface area contributed by atoms with E-state index in [4.69, 9.17) is 28.6 Å². The lowest BCUT2D eigenvalue weighted by molar-refractivity contribution is -0.156. The van der Waals surface area contributed by atoms with Crippen molar-refractivity contribution in [1.29, 1.82) is 0 Å². The van der Waals surface area contributed by atoms with Gasteiger partial charge in [-0.25, -0.2) is 15.4 Å². The fourth-order valence-corrected chi connectivity index (χ4v) is 9.55. The van der Waals surface area contributed by atoms with E-state index < -0.39 is 35.5 Å². The number of thiazole rings is 1. The first-order valence-electron chi connectivity index (χ1n) is 20.5. The molecule has 8 rings (SSSR count). The van der Waals surface area contributed by atoms with E-state index in [9.17, 15) is 14.4 Å². The summed E-state index contributed by atoms with van der Waals surface area (Å²) >= 11 is 1.39. The quantitative estimate of drug-likeness (QED) is 0.153. The molecule has 1 aliphatic carbocycles. The molecule has 0 spiro atoms. The molecule has 1 unspecified atom stereocenters. The fraction of sp³-hybridized carbons (Fsp3) is 0.500. The van der Waals surface area contributed by atoms with Crippen molar-refractivity contribution in [3.05, 3.63) is 76.5 Å². The number of benzene rings is 1. The summed E-state index contributed by atoms with van der Waals surface area (Å²) in [6, 6.07) is 8.45. The van der Waals surface area contributed by atoms with Crippen LogP contribution in [-0.2, 0) is 41.6 Å². The van der Waals surface area contributed by atoms with E-state index in [-0.39, 0.29) is 43.0 Å². The number of pyridine rings is 1. The summed E-state index contributed by atoms with van der Waals surface area (Å²) in [7, 11) is 1.68. The molecule has 2 aliphatic heterocycles. The largest absolute Gasteiger partial charge is 0.464 e. The van der Waals surface area contributed by atoms with Crippen LogP contribution in [0.5, 0.6) is 0 Å². The Morgan fingerprint density at radius 2 is 2.00 bits per heavy atom. The number of hydrogen-bond donors (Lipinski definition) is 2. The van der Waals surface area contributed by atoms with Crippen LogP contribution in [-0.4, -0.2) is 81.3 Å². The SMILES string of the molecule is CCO[C@@H]1c2nc(cs2)-c2ccc3c(c2)c(c(-c2cccnc2[C@H](C)OC)n3Cc2cnco2)CC(C)(C)COC(=O)[C@@H]2CCCN(N2)C(=O)[C@H]1NC(=O)C1[C@@H](C)[C@H]1C. The van der Waals surface area contributed by atoms with Crippen molar-refractivity contribution in [2.45, 2.75) is 91.6 Å². The highest BCUT2D eigenvalue weighted by Crippen LogP contribution is 2.46. The number of hydrogen-bond acceptors (Lipinski definition) is 12. The molecule has 2 amide bonds. The lowest BCUT2D eigenvalue weighted by Crippen LogP contribution is -2.61. The highest BCUT2D eigenvalue weighted by Gasteiger charge is 2.50. The topological polar surface area (TPSA) is 163 Å². The van der Waals surface area contributed by atoms with Gasteiger partial charge in [0.2, 0.25) is 5.91 Å². The molecule has 15 heteroatoms. The lowest BCUT2D eigenvalue weighted by Gasteiger charge is -2.37. The minimum Gasteiger partial charge on any atom is -0.464 e. The Kier molecular flexibility index (Phi) is 11.5. The Balaban J connectivity index is 1.31. The summed E-state index contributed by atoms with van der Waals surface area (Å²) in [4.78, 5) is 56.3. The smallest absolute Gasteiger partial charge is 0.324 e. The monoisotopic (exact) mass is 823 g/mol. The second-order valence-electron chi connectivity index (χ2n) is 16.9. The van der Waals surface area contributed by atoms with E-state index >= 15 is 0 Å². The molecular weight excluding hydrogens is 771 g/mol.